The molecule has 1 aromatic rings. The van der Waals surface area contributed by atoms with Crippen molar-refractivity contribution in [2.45, 2.75) is 19.3 Å². The molecular formula is C12H15BrFNO2. The highest BCUT2D eigenvalue weighted by Crippen LogP contribution is 2.19. The standard InChI is InChI=1S/C12H15BrFNO2/c13-9-5-4-6-10(14)11(9)12(17)15-7-2-1-3-8-16/h4-6,16H,1-3,7-8H2,(H,15,17). The average Bonchev–Trinajstić information content (AvgIpc) is 2.28. The molecule has 5 heteroatoms. The minimum absolute atomic E-state index is 0.0367. The van der Waals surface area contributed by atoms with Gasteiger partial charge in [-0.15, -0.1) is 0 Å². The summed E-state index contributed by atoms with van der Waals surface area (Å²) in [5, 5.41) is 11.2. The van der Waals surface area contributed by atoms with E-state index < -0.39 is 11.7 Å². The van der Waals surface area contributed by atoms with E-state index in [1.54, 1.807) is 6.07 Å². The Kier molecular flexibility index (Phi) is 6.15. The van der Waals surface area contributed by atoms with Gasteiger partial charge in [-0.05, 0) is 47.3 Å². The maximum absolute atomic E-state index is 13.4. The molecule has 94 valence electrons. The molecule has 1 aromatic carbocycles. The first-order valence-corrected chi connectivity index (χ1v) is 6.29. The Morgan fingerprint density at radius 2 is 2.12 bits per heavy atom. The molecule has 0 bridgehead atoms. The van der Waals surface area contributed by atoms with E-state index in [0.717, 1.165) is 19.3 Å². The fraction of sp³-hybridized carbons (Fsp3) is 0.417. The molecule has 0 heterocycles. The molecule has 1 amide bonds. The van der Waals surface area contributed by atoms with Crippen LogP contribution in [0.1, 0.15) is 29.6 Å². The summed E-state index contributed by atoms with van der Waals surface area (Å²) in [6, 6.07) is 4.42. The summed E-state index contributed by atoms with van der Waals surface area (Å²) in [6.45, 7) is 0.645. The predicted molar refractivity (Wildman–Crippen MR) is 67.4 cm³/mol. The number of carbonyl (C=O) groups is 1. The molecule has 0 unspecified atom stereocenters. The molecule has 0 saturated carbocycles. The van der Waals surface area contributed by atoms with Crippen LogP contribution in [0, 0.1) is 5.82 Å². The lowest BCUT2D eigenvalue weighted by Gasteiger charge is -2.07. The molecule has 2 N–H and O–H groups in total. The molecule has 0 aliphatic rings. The van der Waals surface area contributed by atoms with Gasteiger partial charge in [0.25, 0.3) is 5.91 Å². The van der Waals surface area contributed by atoms with E-state index in [1.165, 1.54) is 12.1 Å². The van der Waals surface area contributed by atoms with Crippen molar-refractivity contribution in [3.05, 3.63) is 34.1 Å². The summed E-state index contributed by atoms with van der Waals surface area (Å²) >= 11 is 3.15. The zero-order valence-corrected chi connectivity index (χ0v) is 11.0. The fourth-order valence-corrected chi connectivity index (χ4v) is 1.94. The topological polar surface area (TPSA) is 49.3 Å². The third-order valence-electron chi connectivity index (χ3n) is 2.31. The summed E-state index contributed by atoms with van der Waals surface area (Å²) in [4.78, 5) is 11.7. The van der Waals surface area contributed by atoms with Gasteiger partial charge in [0.2, 0.25) is 0 Å². The molecule has 0 spiro atoms. The van der Waals surface area contributed by atoms with E-state index >= 15 is 0 Å². The Morgan fingerprint density at radius 1 is 1.35 bits per heavy atom. The summed E-state index contributed by atoms with van der Waals surface area (Å²) in [7, 11) is 0. The number of nitrogens with one attached hydrogen (secondary N) is 1. The Balaban J connectivity index is 2.47. The van der Waals surface area contributed by atoms with Crippen LogP contribution < -0.4 is 5.32 Å². The largest absolute Gasteiger partial charge is 0.396 e. The number of aliphatic hydroxyl groups excluding tert-OH is 1. The third-order valence-corrected chi connectivity index (χ3v) is 2.97. The van der Waals surface area contributed by atoms with Crippen LogP contribution in [0.3, 0.4) is 0 Å². The van der Waals surface area contributed by atoms with Crippen molar-refractivity contribution < 1.29 is 14.3 Å². The number of unbranched alkanes of at least 4 members (excludes halogenated alkanes) is 2. The second-order valence-electron chi connectivity index (χ2n) is 3.64. The van der Waals surface area contributed by atoms with E-state index in [0.29, 0.717) is 11.0 Å². The lowest BCUT2D eigenvalue weighted by Crippen LogP contribution is -2.25. The Hall–Kier alpha value is -0.940. The summed E-state index contributed by atoms with van der Waals surface area (Å²) < 4.78 is 13.9. The monoisotopic (exact) mass is 303 g/mol. The number of aliphatic hydroxyl groups is 1. The molecule has 0 radical (unpaired) electrons. The number of carbonyl (C=O) groups excluding carboxylic acids is 1. The Morgan fingerprint density at radius 3 is 2.76 bits per heavy atom. The molecule has 0 aliphatic carbocycles. The second kappa shape index (κ2) is 7.40. The number of benzene rings is 1. The third kappa shape index (κ3) is 4.44. The molecule has 0 saturated heterocycles. The molecule has 3 nitrogen and oxygen atoms in total. The normalized spacial score (nSPS) is 10.3. The fourth-order valence-electron chi connectivity index (χ4n) is 1.42. The van der Waals surface area contributed by atoms with Crippen molar-refractivity contribution in [1.82, 2.24) is 5.32 Å². The number of amides is 1. The van der Waals surface area contributed by atoms with Gasteiger partial charge in [0.05, 0.1) is 5.56 Å². The molecule has 0 atom stereocenters. The number of rotatable bonds is 6. The molecule has 1 rings (SSSR count). The van der Waals surface area contributed by atoms with Crippen molar-refractivity contribution in [3.63, 3.8) is 0 Å². The van der Waals surface area contributed by atoms with Gasteiger partial charge in [-0.1, -0.05) is 6.07 Å². The SMILES string of the molecule is O=C(NCCCCCO)c1c(F)cccc1Br. The minimum atomic E-state index is -0.535. The first kappa shape index (κ1) is 14.1. The highest BCUT2D eigenvalue weighted by Gasteiger charge is 2.14. The number of halogens is 2. The lowest BCUT2D eigenvalue weighted by atomic mass is 10.2. The van der Waals surface area contributed by atoms with Crippen molar-refractivity contribution in [2.24, 2.45) is 0 Å². The van der Waals surface area contributed by atoms with Crippen LogP contribution in [0.4, 0.5) is 4.39 Å². The van der Waals surface area contributed by atoms with Crippen LogP contribution in [0.5, 0.6) is 0 Å². The highest BCUT2D eigenvalue weighted by molar-refractivity contribution is 9.10. The lowest BCUT2D eigenvalue weighted by molar-refractivity contribution is 0.0948. The zero-order chi connectivity index (χ0) is 12.7. The average molecular weight is 304 g/mol. The Labute approximate surface area is 108 Å². The summed E-state index contributed by atoms with van der Waals surface area (Å²) in [5.74, 6) is -0.953. The first-order chi connectivity index (χ1) is 8.16. The van der Waals surface area contributed by atoms with Crippen molar-refractivity contribution >= 4 is 21.8 Å². The van der Waals surface area contributed by atoms with E-state index in [-0.39, 0.29) is 12.2 Å². The molecule has 0 fully saturated rings. The van der Waals surface area contributed by atoms with Crippen LogP contribution in [0.25, 0.3) is 0 Å². The van der Waals surface area contributed by atoms with Crippen LogP contribution in [0.15, 0.2) is 22.7 Å². The van der Waals surface area contributed by atoms with E-state index in [2.05, 4.69) is 21.2 Å². The van der Waals surface area contributed by atoms with Gasteiger partial charge >= 0.3 is 0 Å². The molecule has 0 aromatic heterocycles. The van der Waals surface area contributed by atoms with E-state index in [4.69, 9.17) is 5.11 Å². The highest BCUT2D eigenvalue weighted by atomic mass is 79.9. The molecular weight excluding hydrogens is 289 g/mol. The van der Waals surface area contributed by atoms with E-state index in [1.807, 2.05) is 0 Å². The van der Waals surface area contributed by atoms with Gasteiger partial charge in [-0.3, -0.25) is 4.79 Å². The van der Waals surface area contributed by atoms with Gasteiger partial charge in [-0.2, -0.15) is 0 Å². The number of hydrogen-bond acceptors (Lipinski definition) is 2. The van der Waals surface area contributed by atoms with Crippen molar-refractivity contribution in [2.75, 3.05) is 13.2 Å². The van der Waals surface area contributed by atoms with Crippen molar-refractivity contribution in [1.29, 1.82) is 0 Å². The molecule has 0 aliphatic heterocycles. The predicted octanol–water partition coefficient (Wildman–Crippen LogP) is 2.48. The smallest absolute Gasteiger partial charge is 0.255 e. The van der Waals surface area contributed by atoms with Gasteiger partial charge in [0.1, 0.15) is 5.82 Å². The van der Waals surface area contributed by atoms with Crippen LogP contribution in [-0.4, -0.2) is 24.2 Å². The van der Waals surface area contributed by atoms with Gasteiger partial charge in [0.15, 0.2) is 0 Å². The maximum atomic E-state index is 13.4. The van der Waals surface area contributed by atoms with Gasteiger partial charge in [-0.25, -0.2) is 4.39 Å². The van der Waals surface area contributed by atoms with Gasteiger partial charge < -0.3 is 10.4 Å². The quantitative estimate of drug-likeness (QED) is 0.793. The van der Waals surface area contributed by atoms with Crippen LogP contribution >= 0.6 is 15.9 Å². The minimum Gasteiger partial charge on any atom is -0.396 e. The van der Waals surface area contributed by atoms with Gasteiger partial charge in [0, 0.05) is 17.6 Å². The Bertz CT molecular complexity index is 365. The summed E-state index contributed by atoms with van der Waals surface area (Å²) in [6.07, 6.45) is 2.34. The van der Waals surface area contributed by atoms with E-state index in [9.17, 15) is 9.18 Å². The molecule has 17 heavy (non-hydrogen) atoms. The zero-order valence-electron chi connectivity index (χ0n) is 9.38. The second-order valence-corrected chi connectivity index (χ2v) is 4.49. The number of hydrogen-bond donors (Lipinski definition) is 2. The first-order valence-electron chi connectivity index (χ1n) is 5.50. The van der Waals surface area contributed by atoms with Crippen LogP contribution in [-0.2, 0) is 0 Å². The summed E-state index contributed by atoms with van der Waals surface area (Å²) in [5.41, 5.74) is 0.0367. The van der Waals surface area contributed by atoms with Crippen LogP contribution in [0.2, 0.25) is 0 Å². The maximum Gasteiger partial charge on any atom is 0.255 e. The van der Waals surface area contributed by atoms with Crippen molar-refractivity contribution in [3.8, 4) is 0 Å².